The van der Waals surface area contributed by atoms with Gasteiger partial charge in [-0.2, -0.15) is 0 Å². The van der Waals surface area contributed by atoms with Gasteiger partial charge < -0.3 is 11.1 Å². The smallest absolute Gasteiger partial charge is 0.241 e. The average molecular weight is 404 g/mol. The van der Waals surface area contributed by atoms with Crippen LogP contribution in [0.3, 0.4) is 0 Å². The Kier molecular flexibility index (Phi) is 10.8. The van der Waals surface area contributed by atoms with Crippen molar-refractivity contribution in [3.05, 3.63) is 35.4 Å². The van der Waals surface area contributed by atoms with E-state index in [1.807, 2.05) is 31.2 Å². The standard InChI is InChI=1S/C20H33N3O.2ClH/c1-5-16-7-6-12-23(13-16)20(3,4)14-22-19(24)18(21)17-10-8-15(2)9-11-17;;/h8-11,16,18H,5-7,12-14,21H2,1-4H3,(H,22,24);2*1H. The Morgan fingerprint density at radius 3 is 2.50 bits per heavy atom. The lowest BCUT2D eigenvalue weighted by molar-refractivity contribution is -0.123. The van der Waals surface area contributed by atoms with Crippen molar-refractivity contribution in [1.82, 2.24) is 10.2 Å². The van der Waals surface area contributed by atoms with Gasteiger partial charge in [0.05, 0.1) is 0 Å². The number of halogens is 2. The fourth-order valence-electron chi connectivity index (χ4n) is 3.40. The molecule has 0 radical (unpaired) electrons. The van der Waals surface area contributed by atoms with Crippen molar-refractivity contribution in [2.75, 3.05) is 19.6 Å². The molecule has 4 nitrogen and oxygen atoms in total. The Morgan fingerprint density at radius 2 is 1.92 bits per heavy atom. The summed E-state index contributed by atoms with van der Waals surface area (Å²) in [5, 5.41) is 3.06. The van der Waals surface area contributed by atoms with E-state index >= 15 is 0 Å². The van der Waals surface area contributed by atoms with Crippen LogP contribution in [0.25, 0.3) is 0 Å². The molecule has 2 rings (SSSR count). The molecule has 1 aliphatic heterocycles. The highest BCUT2D eigenvalue weighted by Gasteiger charge is 2.31. The highest BCUT2D eigenvalue weighted by molar-refractivity contribution is 5.85. The molecule has 26 heavy (non-hydrogen) atoms. The van der Waals surface area contributed by atoms with E-state index in [0.29, 0.717) is 6.54 Å². The van der Waals surface area contributed by atoms with Crippen molar-refractivity contribution in [3.63, 3.8) is 0 Å². The maximum atomic E-state index is 12.4. The van der Waals surface area contributed by atoms with E-state index in [1.165, 1.54) is 24.8 Å². The van der Waals surface area contributed by atoms with Gasteiger partial charge in [-0.15, -0.1) is 24.8 Å². The number of carbonyl (C=O) groups excluding carboxylic acids is 1. The van der Waals surface area contributed by atoms with Gasteiger partial charge in [0.1, 0.15) is 6.04 Å². The molecule has 1 aromatic carbocycles. The summed E-state index contributed by atoms with van der Waals surface area (Å²) in [5.41, 5.74) is 8.10. The second-order valence-electron chi connectivity index (χ2n) is 7.78. The van der Waals surface area contributed by atoms with Crippen LogP contribution in [-0.4, -0.2) is 36.0 Å². The minimum Gasteiger partial charge on any atom is -0.353 e. The number of hydrogen-bond acceptors (Lipinski definition) is 3. The third kappa shape index (κ3) is 6.73. The molecule has 0 bridgehead atoms. The van der Waals surface area contributed by atoms with Crippen LogP contribution in [0.15, 0.2) is 24.3 Å². The number of carbonyl (C=O) groups is 1. The molecular formula is C20H35Cl2N3O. The quantitative estimate of drug-likeness (QED) is 0.757. The average Bonchev–Trinajstić information content (AvgIpc) is 2.60. The number of likely N-dealkylation sites (tertiary alicyclic amines) is 1. The largest absolute Gasteiger partial charge is 0.353 e. The van der Waals surface area contributed by atoms with E-state index in [4.69, 9.17) is 5.73 Å². The Bertz CT molecular complexity index is 548. The molecule has 1 aliphatic rings. The number of rotatable bonds is 6. The number of nitrogens with one attached hydrogen (secondary N) is 1. The van der Waals surface area contributed by atoms with Crippen LogP contribution >= 0.6 is 24.8 Å². The summed E-state index contributed by atoms with van der Waals surface area (Å²) < 4.78 is 0. The molecular weight excluding hydrogens is 369 g/mol. The number of piperidine rings is 1. The number of amides is 1. The molecule has 3 N–H and O–H groups in total. The van der Waals surface area contributed by atoms with Crippen molar-refractivity contribution in [2.24, 2.45) is 11.7 Å². The third-order valence-corrected chi connectivity index (χ3v) is 5.37. The van der Waals surface area contributed by atoms with Crippen LogP contribution < -0.4 is 11.1 Å². The first-order chi connectivity index (χ1) is 11.3. The van der Waals surface area contributed by atoms with Crippen LogP contribution in [0, 0.1) is 12.8 Å². The van der Waals surface area contributed by atoms with Crippen molar-refractivity contribution >= 4 is 30.7 Å². The second-order valence-corrected chi connectivity index (χ2v) is 7.78. The van der Waals surface area contributed by atoms with Crippen LogP contribution in [-0.2, 0) is 4.79 Å². The SMILES string of the molecule is CCC1CCCN(C(C)(C)CNC(=O)C(N)c2ccc(C)cc2)C1.Cl.Cl. The van der Waals surface area contributed by atoms with Crippen molar-refractivity contribution in [2.45, 2.75) is 58.5 Å². The third-order valence-electron chi connectivity index (χ3n) is 5.37. The first-order valence-corrected chi connectivity index (χ1v) is 9.18. The van der Waals surface area contributed by atoms with Crippen molar-refractivity contribution in [1.29, 1.82) is 0 Å². The highest BCUT2D eigenvalue weighted by Crippen LogP contribution is 2.25. The Morgan fingerprint density at radius 1 is 1.31 bits per heavy atom. The first kappa shape index (κ1) is 25.2. The molecule has 150 valence electrons. The van der Waals surface area contributed by atoms with Gasteiger partial charge in [0.2, 0.25) is 5.91 Å². The van der Waals surface area contributed by atoms with Crippen molar-refractivity contribution < 1.29 is 4.79 Å². The van der Waals surface area contributed by atoms with Crippen LogP contribution in [0.4, 0.5) is 0 Å². The van der Waals surface area contributed by atoms with E-state index in [2.05, 4.69) is 31.0 Å². The predicted octanol–water partition coefficient (Wildman–Crippen LogP) is 3.86. The molecule has 0 aliphatic carbocycles. The minimum atomic E-state index is -0.605. The summed E-state index contributed by atoms with van der Waals surface area (Å²) in [4.78, 5) is 14.9. The fourth-order valence-corrected chi connectivity index (χ4v) is 3.40. The monoisotopic (exact) mass is 403 g/mol. The van der Waals surface area contributed by atoms with Crippen LogP contribution in [0.1, 0.15) is 57.2 Å². The number of benzene rings is 1. The lowest BCUT2D eigenvalue weighted by Gasteiger charge is -2.43. The zero-order chi connectivity index (χ0) is 17.7. The van der Waals surface area contributed by atoms with Gasteiger partial charge >= 0.3 is 0 Å². The fraction of sp³-hybridized carbons (Fsp3) is 0.650. The number of aryl methyl sites for hydroxylation is 1. The molecule has 1 fully saturated rings. The van der Waals surface area contributed by atoms with Crippen LogP contribution in [0.2, 0.25) is 0 Å². The first-order valence-electron chi connectivity index (χ1n) is 9.18. The van der Waals surface area contributed by atoms with Crippen LogP contribution in [0.5, 0.6) is 0 Å². The summed E-state index contributed by atoms with van der Waals surface area (Å²) in [5.74, 6) is 0.680. The molecule has 1 amide bonds. The van der Waals surface area contributed by atoms with E-state index in [9.17, 15) is 4.79 Å². The normalized spacial score (nSPS) is 19.0. The maximum Gasteiger partial charge on any atom is 0.241 e. The molecule has 1 saturated heterocycles. The van der Waals surface area contributed by atoms with Gasteiger partial charge in [-0.1, -0.05) is 43.2 Å². The molecule has 1 heterocycles. The summed E-state index contributed by atoms with van der Waals surface area (Å²) in [6.07, 6.45) is 3.81. The molecule has 1 aromatic rings. The summed E-state index contributed by atoms with van der Waals surface area (Å²) in [6.45, 7) is 11.6. The Hall–Kier alpha value is -0.810. The van der Waals surface area contributed by atoms with E-state index in [0.717, 1.165) is 24.6 Å². The molecule has 6 heteroatoms. The molecule has 0 aromatic heterocycles. The predicted molar refractivity (Wildman–Crippen MR) is 114 cm³/mol. The lowest BCUT2D eigenvalue weighted by Crippen LogP contribution is -2.55. The minimum absolute atomic E-state index is 0. The van der Waals surface area contributed by atoms with Gasteiger partial charge in [-0.3, -0.25) is 9.69 Å². The molecule has 0 spiro atoms. The Balaban J connectivity index is 0.00000312. The topological polar surface area (TPSA) is 58.4 Å². The van der Waals surface area contributed by atoms with Crippen molar-refractivity contribution in [3.8, 4) is 0 Å². The highest BCUT2D eigenvalue weighted by atomic mass is 35.5. The van der Waals surface area contributed by atoms with E-state index in [-0.39, 0.29) is 36.3 Å². The second kappa shape index (κ2) is 11.1. The van der Waals surface area contributed by atoms with E-state index < -0.39 is 6.04 Å². The zero-order valence-electron chi connectivity index (χ0n) is 16.5. The summed E-state index contributed by atoms with van der Waals surface area (Å²) >= 11 is 0. The van der Waals surface area contributed by atoms with E-state index in [1.54, 1.807) is 0 Å². The van der Waals surface area contributed by atoms with Gasteiger partial charge in [0.25, 0.3) is 0 Å². The summed E-state index contributed by atoms with van der Waals surface area (Å²) in [6, 6.07) is 7.24. The number of nitrogens with zero attached hydrogens (tertiary/aromatic N) is 1. The van der Waals surface area contributed by atoms with Gasteiger partial charge in [-0.05, 0) is 51.6 Å². The molecule has 0 saturated carbocycles. The van der Waals surface area contributed by atoms with Gasteiger partial charge in [0, 0.05) is 18.6 Å². The van der Waals surface area contributed by atoms with Gasteiger partial charge in [0.15, 0.2) is 0 Å². The molecule has 2 atom stereocenters. The number of nitrogens with two attached hydrogens (primary N) is 1. The summed E-state index contributed by atoms with van der Waals surface area (Å²) in [7, 11) is 0. The maximum absolute atomic E-state index is 12.4. The lowest BCUT2D eigenvalue weighted by atomic mass is 9.91. The number of hydrogen-bond donors (Lipinski definition) is 2. The molecule has 2 unspecified atom stereocenters. The zero-order valence-corrected chi connectivity index (χ0v) is 18.1. The van der Waals surface area contributed by atoms with Gasteiger partial charge in [-0.25, -0.2) is 0 Å². The Labute approximate surface area is 171 Å².